The van der Waals surface area contributed by atoms with Gasteiger partial charge in [-0.25, -0.2) is 5.43 Å². The molecule has 2 aromatic rings. The molecule has 0 unspecified atom stereocenters. The summed E-state index contributed by atoms with van der Waals surface area (Å²) in [5.74, 6) is -0.244. The molecule has 3 rings (SSSR count). The molecule has 1 amide bonds. The number of amides is 1. The number of hydrogen-bond donors (Lipinski definition) is 1. The molecule has 2 aromatic carbocycles. The molecule has 1 aliphatic rings. The van der Waals surface area contributed by atoms with Crippen LogP contribution in [0.4, 0.5) is 5.69 Å². The Morgan fingerprint density at radius 1 is 1.22 bits per heavy atom. The van der Waals surface area contributed by atoms with E-state index in [0.717, 1.165) is 15.6 Å². The lowest BCUT2D eigenvalue weighted by molar-refractivity contribution is 0.0954. The molecule has 0 saturated heterocycles. The molecule has 4 nitrogen and oxygen atoms in total. The van der Waals surface area contributed by atoms with Gasteiger partial charge in [-0.05, 0) is 84.6 Å². The van der Waals surface area contributed by atoms with Gasteiger partial charge in [0.1, 0.15) is 0 Å². The highest BCUT2D eigenvalue weighted by atomic mass is 79.9. The van der Waals surface area contributed by atoms with Crippen molar-refractivity contribution < 1.29 is 4.79 Å². The summed E-state index contributed by atoms with van der Waals surface area (Å²) in [5, 5.41) is 4.16. The Labute approximate surface area is 169 Å². The first kappa shape index (κ1) is 19.4. The summed E-state index contributed by atoms with van der Waals surface area (Å²) in [6.45, 7) is 8.62. The Hall–Kier alpha value is -2.40. The lowest BCUT2D eigenvalue weighted by atomic mass is 9.87. The molecular weight excluding hydrogens is 402 g/mol. The summed E-state index contributed by atoms with van der Waals surface area (Å²) >= 11 is 3.38. The van der Waals surface area contributed by atoms with E-state index in [1.807, 2.05) is 18.2 Å². The zero-order valence-corrected chi connectivity index (χ0v) is 17.9. The van der Waals surface area contributed by atoms with E-state index in [0.29, 0.717) is 5.56 Å². The summed E-state index contributed by atoms with van der Waals surface area (Å²) in [4.78, 5) is 14.6. The van der Waals surface area contributed by atoms with E-state index in [1.165, 1.54) is 16.8 Å². The molecular formula is C22H24BrN3O. The first-order valence-corrected chi connectivity index (χ1v) is 9.66. The molecule has 0 atom stereocenters. The summed E-state index contributed by atoms with van der Waals surface area (Å²) < 4.78 is 0.745. The molecule has 1 aliphatic heterocycles. The number of anilines is 1. The fourth-order valence-corrected chi connectivity index (χ4v) is 3.79. The van der Waals surface area contributed by atoms with Crippen LogP contribution in [0.3, 0.4) is 0 Å². The number of carbonyl (C=O) groups excluding carboxylic acids is 1. The zero-order valence-electron chi connectivity index (χ0n) is 16.3. The summed E-state index contributed by atoms with van der Waals surface area (Å²) in [6, 6.07) is 11.6. The number of allylic oxidation sites excluding steroid dienone is 1. The van der Waals surface area contributed by atoms with Crippen LogP contribution >= 0.6 is 15.9 Å². The maximum absolute atomic E-state index is 12.3. The Balaban J connectivity index is 1.85. The molecule has 140 valence electrons. The molecule has 1 heterocycles. The third kappa shape index (κ3) is 3.83. The fourth-order valence-electron chi connectivity index (χ4n) is 3.32. The average molecular weight is 426 g/mol. The van der Waals surface area contributed by atoms with Crippen molar-refractivity contribution in [1.29, 1.82) is 0 Å². The lowest BCUT2D eigenvalue weighted by Crippen LogP contribution is -2.42. The number of fused-ring (bicyclic) bond motifs is 1. The number of hydrazone groups is 1. The molecule has 0 radical (unpaired) electrons. The number of rotatable bonds is 3. The van der Waals surface area contributed by atoms with Gasteiger partial charge in [0.25, 0.3) is 5.91 Å². The van der Waals surface area contributed by atoms with Gasteiger partial charge in [0.05, 0.1) is 17.3 Å². The number of carbonyl (C=O) groups is 1. The van der Waals surface area contributed by atoms with Crippen molar-refractivity contribution in [2.24, 2.45) is 5.10 Å². The van der Waals surface area contributed by atoms with Gasteiger partial charge in [-0.1, -0.05) is 18.2 Å². The van der Waals surface area contributed by atoms with Crippen molar-refractivity contribution in [2.45, 2.75) is 33.2 Å². The number of likely N-dealkylation sites (N-methyl/N-ethyl adjacent to an activating group) is 1. The van der Waals surface area contributed by atoms with E-state index in [2.05, 4.69) is 84.3 Å². The zero-order chi connectivity index (χ0) is 19.8. The van der Waals surface area contributed by atoms with Gasteiger partial charge in [-0.15, -0.1) is 0 Å². The standard InChI is InChI=1S/C22H24BrN3O/c1-14-10-20-18(15(2)12-22(3,4)26(20)5)11-16(14)13-24-25-21(27)17-8-6-7-9-19(17)23/h6-13H,1-5H3,(H,25,27)/b24-13+. The van der Waals surface area contributed by atoms with Crippen LogP contribution < -0.4 is 10.3 Å². The molecule has 27 heavy (non-hydrogen) atoms. The maximum Gasteiger partial charge on any atom is 0.272 e. The summed E-state index contributed by atoms with van der Waals surface area (Å²) in [6.07, 6.45) is 3.98. The predicted octanol–water partition coefficient (Wildman–Crippen LogP) is 5.15. The Morgan fingerprint density at radius 3 is 2.63 bits per heavy atom. The highest BCUT2D eigenvalue weighted by Crippen LogP contribution is 2.38. The fraction of sp³-hybridized carbons (Fsp3) is 0.273. The van der Waals surface area contributed by atoms with Crippen LogP contribution in [0.15, 0.2) is 52.0 Å². The maximum atomic E-state index is 12.3. The van der Waals surface area contributed by atoms with Gasteiger partial charge in [-0.3, -0.25) is 4.79 Å². The third-order valence-electron chi connectivity index (χ3n) is 5.09. The number of nitrogens with zero attached hydrogens (tertiary/aromatic N) is 2. The molecule has 0 aromatic heterocycles. The van der Waals surface area contributed by atoms with Crippen LogP contribution in [0.1, 0.15) is 47.8 Å². The molecule has 5 heteroatoms. The Kier molecular flexibility index (Phi) is 5.24. The first-order valence-electron chi connectivity index (χ1n) is 8.87. The predicted molar refractivity (Wildman–Crippen MR) is 117 cm³/mol. The highest BCUT2D eigenvalue weighted by molar-refractivity contribution is 9.10. The van der Waals surface area contributed by atoms with E-state index < -0.39 is 0 Å². The van der Waals surface area contributed by atoms with Crippen molar-refractivity contribution in [2.75, 3.05) is 11.9 Å². The normalized spacial score (nSPS) is 15.5. The number of halogens is 1. The van der Waals surface area contributed by atoms with Crippen molar-refractivity contribution in [3.8, 4) is 0 Å². The Bertz CT molecular complexity index is 960. The van der Waals surface area contributed by atoms with Crippen molar-refractivity contribution >= 4 is 39.3 Å². The van der Waals surface area contributed by atoms with Gasteiger partial charge >= 0.3 is 0 Å². The number of hydrogen-bond acceptors (Lipinski definition) is 3. The monoisotopic (exact) mass is 425 g/mol. The van der Waals surface area contributed by atoms with E-state index >= 15 is 0 Å². The second-order valence-electron chi connectivity index (χ2n) is 7.44. The molecule has 0 bridgehead atoms. The van der Waals surface area contributed by atoms with E-state index in [-0.39, 0.29) is 11.4 Å². The second kappa shape index (κ2) is 7.31. The van der Waals surface area contributed by atoms with E-state index in [9.17, 15) is 4.79 Å². The quantitative estimate of drug-likeness (QED) is 0.545. The van der Waals surface area contributed by atoms with E-state index in [1.54, 1.807) is 12.3 Å². The highest BCUT2D eigenvalue weighted by Gasteiger charge is 2.28. The lowest BCUT2D eigenvalue weighted by Gasteiger charge is -2.41. The second-order valence-corrected chi connectivity index (χ2v) is 8.30. The smallest absolute Gasteiger partial charge is 0.272 e. The third-order valence-corrected chi connectivity index (χ3v) is 5.78. The van der Waals surface area contributed by atoms with Crippen molar-refractivity contribution in [1.82, 2.24) is 5.43 Å². The molecule has 0 fully saturated rings. The number of aryl methyl sites for hydroxylation is 1. The van der Waals surface area contributed by atoms with Crippen LogP contribution in [0.25, 0.3) is 5.57 Å². The SMILES string of the molecule is CC1=CC(C)(C)N(C)c2cc(C)c(/C=N/NC(=O)c3ccccc3Br)cc21. The van der Waals surface area contributed by atoms with Gasteiger partial charge in [0.15, 0.2) is 0 Å². The molecule has 0 spiro atoms. The van der Waals surface area contributed by atoms with Crippen LogP contribution in [0, 0.1) is 6.92 Å². The van der Waals surface area contributed by atoms with Gasteiger partial charge in [0, 0.05) is 22.8 Å². The Morgan fingerprint density at radius 2 is 1.93 bits per heavy atom. The molecule has 0 saturated carbocycles. The first-order chi connectivity index (χ1) is 12.7. The van der Waals surface area contributed by atoms with Gasteiger partial charge < -0.3 is 4.90 Å². The molecule has 0 aliphatic carbocycles. The van der Waals surface area contributed by atoms with Crippen molar-refractivity contribution in [3.63, 3.8) is 0 Å². The van der Waals surface area contributed by atoms with Gasteiger partial charge in [0.2, 0.25) is 0 Å². The van der Waals surface area contributed by atoms with Crippen molar-refractivity contribution in [3.05, 3.63) is 69.2 Å². The summed E-state index contributed by atoms with van der Waals surface area (Å²) in [7, 11) is 2.12. The van der Waals surface area contributed by atoms with E-state index in [4.69, 9.17) is 0 Å². The van der Waals surface area contributed by atoms with Crippen LogP contribution in [-0.2, 0) is 0 Å². The van der Waals surface area contributed by atoms with Crippen LogP contribution in [0.5, 0.6) is 0 Å². The van der Waals surface area contributed by atoms with Crippen LogP contribution in [-0.4, -0.2) is 24.7 Å². The van der Waals surface area contributed by atoms with Gasteiger partial charge in [-0.2, -0.15) is 5.10 Å². The minimum absolute atomic E-state index is 0.0177. The average Bonchev–Trinajstić information content (AvgIpc) is 2.60. The number of nitrogens with one attached hydrogen (secondary N) is 1. The largest absolute Gasteiger partial charge is 0.365 e. The number of benzene rings is 2. The summed E-state index contributed by atoms with van der Waals surface area (Å²) in [5.41, 5.74) is 8.91. The van der Waals surface area contributed by atoms with Crippen LogP contribution in [0.2, 0.25) is 0 Å². The minimum atomic E-state index is -0.244. The topological polar surface area (TPSA) is 44.7 Å². The minimum Gasteiger partial charge on any atom is -0.365 e. The molecule has 1 N–H and O–H groups in total.